The molecular weight excluding hydrogens is 427 g/mol. The van der Waals surface area contributed by atoms with Crippen molar-refractivity contribution in [1.29, 1.82) is 0 Å². The van der Waals surface area contributed by atoms with Crippen molar-refractivity contribution in [3.63, 3.8) is 0 Å². The molecular formula is C24H23FN4O2S. The van der Waals surface area contributed by atoms with Gasteiger partial charge in [0.25, 0.3) is 0 Å². The summed E-state index contributed by atoms with van der Waals surface area (Å²) in [5, 5.41) is 8.66. The monoisotopic (exact) mass is 450 g/mol. The summed E-state index contributed by atoms with van der Waals surface area (Å²) in [6.45, 7) is 2.47. The van der Waals surface area contributed by atoms with Crippen molar-refractivity contribution in [2.45, 2.75) is 43.1 Å². The van der Waals surface area contributed by atoms with E-state index in [0.29, 0.717) is 29.9 Å². The average Bonchev–Trinajstić information content (AvgIpc) is 3.20. The lowest BCUT2D eigenvalue weighted by Crippen LogP contribution is -2.31. The number of aromatic nitrogens is 3. The Morgan fingerprint density at radius 3 is 2.94 bits per heavy atom. The van der Waals surface area contributed by atoms with E-state index in [4.69, 9.17) is 9.84 Å². The first-order chi connectivity index (χ1) is 15.6. The number of rotatable bonds is 6. The maximum Gasteiger partial charge on any atom is 0.227 e. The zero-order valence-electron chi connectivity index (χ0n) is 17.7. The number of hydrogen-bond acceptors (Lipinski definition) is 6. The maximum atomic E-state index is 13.5. The number of fused-ring (bicyclic) bond motifs is 1. The highest BCUT2D eigenvalue weighted by atomic mass is 32.2. The molecule has 2 aromatic carbocycles. The smallest absolute Gasteiger partial charge is 0.227 e. The SMILES string of the molecule is CCOc1ccccc1C1C2=C(CCCC2=O)Nc2nc(SCc3cccc(F)c3)nn21. The van der Waals surface area contributed by atoms with Gasteiger partial charge < -0.3 is 10.1 Å². The number of Topliss-reactive ketones (excluding diaryl/α,β-unsaturated/α-hetero) is 1. The third kappa shape index (κ3) is 3.90. The van der Waals surface area contributed by atoms with Crippen molar-refractivity contribution in [2.24, 2.45) is 0 Å². The Bertz CT molecular complexity index is 1210. The van der Waals surface area contributed by atoms with Crippen molar-refractivity contribution in [3.8, 4) is 5.75 Å². The Morgan fingerprint density at radius 1 is 1.22 bits per heavy atom. The number of anilines is 1. The summed E-state index contributed by atoms with van der Waals surface area (Å²) < 4.78 is 21.2. The lowest BCUT2D eigenvalue weighted by molar-refractivity contribution is -0.116. The Kier molecular flexibility index (Phi) is 5.70. The summed E-state index contributed by atoms with van der Waals surface area (Å²) in [5.74, 6) is 1.77. The number of halogens is 1. The standard InChI is InChI=1S/C24H23FN4O2S/c1-2-31-20-12-4-3-9-17(20)22-21-18(10-6-11-19(21)30)26-23-27-24(28-29(22)23)32-14-15-7-5-8-16(25)13-15/h3-5,7-9,12-13,22H,2,6,10-11,14H2,1H3,(H,26,27,28). The average molecular weight is 451 g/mol. The van der Waals surface area contributed by atoms with E-state index in [1.807, 2.05) is 37.3 Å². The molecule has 1 unspecified atom stereocenters. The van der Waals surface area contributed by atoms with Gasteiger partial charge in [-0.2, -0.15) is 4.98 Å². The molecule has 5 rings (SSSR count). The van der Waals surface area contributed by atoms with Crippen molar-refractivity contribution < 1.29 is 13.9 Å². The molecule has 0 amide bonds. The fraction of sp³-hybridized carbons (Fsp3) is 0.292. The van der Waals surface area contributed by atoms with Crippen molar-refractivity contribution >= 4 is 23.5 Å². The quantitative estimate of drug-likeness (QED) is 0.525. The summed E-state index contributed by atoms with van der Waals surface area (Å²) >= 11 is 1.44. The van der Waals surface area contributed by atoms with Crippen LogP contribution in [0.4, 0.5) is 10.3 Å². The molecule has 0 fully saturated rings. The van der Waals surface area contributed by atoms with E-state index in [1.54, 1.807) is 10.7 Å². The van der Waals surface area contributed by atoms with Crippen LogP contribution >= 0.6 is 11.8 Å². The minimum Gasteiger partial charge on any atom is -0.494 e. The number of hydrogen-bond donors (Lipinski definition) is 1. The van der Waals surface area contributed by atoms with E-state index in [0.717, 1.165) is 41.0 Å². The summed E-state index contributed by atoms with van der Waals surface area (Å²) in [6.07, 6.45) is 2.14. The molecule has 2 heterocycles. The van der Waals surface area contributed by atoms with E-state index >= 15 is 0 Å². The van der Waals surface area contributed by atoms with Crippen LogP contribution in [0, 0.1) is 5.82 Å². The summed E-state index contributed by atoms with van der Waals surface area (Å²) in [6, 6.07) is 13.9. The van der Waals surface area contributed by atoms with Gasteiger partial charge in [-0.3, -0.25) is 4.79 Å². The van der Waals surface area contributed by atoms with Crippen molar-refractivity contribution in [1.82, 2.24) is 14.8 Å². The van der Waals surface area contributed by atoms with Gasteiger partial charge in [0.1, 0.15) is 17.6 Å². The van der Waals surface area contributed by atoms with Crippen LogP contribution in [0.15, 0.2) is 65.0 Å². The molecule has 164 valence electrons. The Morgan fingerprint density at radius 2 is 2.09 bits per heavy atom. The van der Waals surface area contributed by atoms with E-state index in [1.165, 1.54) is 23.9 Å². The fourth-order valence-electron chi connectivity index (χ4n) is 4.25. The predicted molar refractivity (Wildman–Crippen MR) is 121 cm³/mol. The molecule has 0 saturated heterocycles. The van der Waals surface area contributed by atoms with Crippen molar-refractivity contribution in [2.75, 3.05) is 11.9 Å². The van der Waals surface area contributed by atoms with Crippen LogP contribution in [0.2, 0.25) is 0 Å². The molecule has 32 heavy (non-hydrogen) atoms. The minimum absolute atomic E-state index is 0.130. The van der Waals surface area contributed by atoms with Gasteiger partial charge in [0, 0.05) is 29.0 Å². The first-order valence-corrected chi connectivity index (χ1v) is 11.7. The molecule has 1 N–H and O–H groups in total. The first-order valence-electron chi connectivity index (χ1n) is 10.7. The zero-order valence-corrected chi connectivity index (χ0v) is 18.5. The Hall–Kier alpha value is -3.13. The van der Waals surface area contributed by atoms with Gasteiger partial charge in [0.05, 0.1) is 6.61 Å². The van der Waals surface area contributed by atoms with Gasteiger partial charge in [-0.25, -0.2) is 9.07 Å². The van der Waals surface area contributed by atoms with Gasteiger partial charge in [-0.05, 0) is 43.5 Å². The topological polar surface area (TPSA) is 69.0 Å². The number of benzene rings is 2. The van der Waals surface area contributed by atoms with Crippen LogP contribution in [-0.4, -0.2) is 27.2 Å². The highest BCUT2D eigenvalue weighted by molar-refractivity contribution is 7.98. The fourth-order valence-corrected chi connectivity index (χ4v) is 5.03. The second-order valence-electron chi connectivity index (χ2n) is 7.75. The van der Waals surface area contributed by atoms with Gasteiger partial charge in [0.15, 0.2) is 5.78 Å². The Balaban J connectivity index is 1.53. The highest BCUT2D eigenvalue weighted by Crippen LogP contribution is 2.43. The van der Waals surface area contributed by atoms with Gasteiger partial charge in [0.2, 0.25) is 11.1 Å². The third-order valence-electron chi connectivity index (χ3n) is 5.62. The van der Waals surface area contributed by atoms with Crippen LogP contribution < -0.4 is 10.1 Å². The van der Waals surface area contributed by atoms with E-state index in [-0.39, 0.29) is 11.6 Å². The molecule has 1 aliphatic carbocycles. The Labute approximate surface area is 189 Å². The van der Waals surface area contributed by atoms with Gasteiger partial charge in [-0.15, -0.1) is 5.10 Å². The van der Waals surface area contributed by atoms with E-state index in [2.05, 4.69) is 10.3 Å². The van der Waals surface area contributed by atoms with E-state index in [9.17, 15) is 9.18 Å². The molecule has 3 aromatic rings. The molecule has 1 aromatic heterocycles. The molecule has 0 bridgehead atoms. The number of para-hydroxylation sites is 1. The summed E-state index contributed by atoms with van der Waals surface area (Å²) in [5.41, 5.74) is 3.41. The first kappa shape index (κ1) is 20.8. The van der Waals surface area contributed by atoms with Crippen LogP contribution in [-0.2, 0) is 10.5 Å². The van der Waals surface area contributed by atoms with Gasteiger partial charge >= 0.3 is 0 Å². The maximum absolute atomic E-state index is 13.5. The number of ether oxygens (including phenoxy) is 1. The summed E-state index contributed by atoms with van der Waals surface area (Å²) in [7, 11) is 0. The minimum atomic E-state index is -0.396. The number of nitrogens with one attached hydrogen (secondary N) is 1. The number of thioether (sulfide) groups is 1. The number of nitrogens with zero attached hydrogens (tertiary/aromatic N) is 3. The third-order valence-corrected chi connectivity index (χ3v) is 6.53. The molecule has 0 saturated carbocycles. The second-order valence-corrected chi connectivity index (χ2v) is 8.69. The van der Waals surface area contributed by atoms with E-state index < -0.39 is 6.04 Å². The lowest BCUT2D eigenvalue weighted by atomic mass is 9.85. The second kappa shape index (κ2) is 8.78. The molecule has 1 aliphatic heterocycles. The molecule has 2 aliphatic rings. The summed E-state index contributed by atoms with van der Waals surface area (Å²) in [4.78, 5) is 17.7. The van der Waals surface area contributed by atoms with Crippen LogP contribution in [0.5, 0.6) is 5.75 Å². The molecule has 0 radical (unpaired) electrons. The number of ketones is 1. The van der Waals surface area contributed by atoms with Crippen LogP contribution in [0.3, 0.4) is 0 Å². The normalized spacial score (nSPS) is 17.6. The van der Waals surface area contributed by atoms with Crippen LogP contribution in [0.1, 0.15) is 43.4 Å². The lowest BCUT2D eigenvalue weighted by Gasteiger charge is -2.32. The van der Waals surface area contributed by atoms with Crippen LogP contribution in [0.25, 0.3) is 0 Å². The number of carbonyl (C=O) groups excluding carboxylic acids is 1. The zero-order chi connectivity index (χ0) is 22.1. The molecule has 8 heteroatoms. The van der Waals surface area contributed by atoms with Crippen molar-refractivity contribution in [3.05, 3.63) is 76.7 Å². The number of carbonyl (C=O) groups is 1. The predicted octanol–water partition coefficient (Wildman–Crippen LogP) is 5.13. The highest BCUT2D eigenvalue weighted by Gasteiger charge is 2.38. The largest absolute Gasteiger partial charge is 0.494 e. The molecule has 0 spiro atoms. The molecule has 1 atom stereocenters. The molecule has 6 nitrogen and oxygen atoms in total. The van der Waals surface area contributed by atoms with Gasteiger partial charge in [-0.1, -0.05) is 42.1 Å². The number of allylic oxidation sites excluding steroid dienone is 2.